The van der Waals surface area contributed by atoms with Crippen LogP contribution in [0.5, 0.6) is 0 Å². The van der Waals surface area contributed by atoms with Gasteiger partial charge >= 0.3 is 0 Å². The van der Waals surface area contributed by atoms with Gasteiger partial charge in [-0.05, 0) is 18.2 Å². The van der Waals surface area contributed by atoms with Crippen molar-refractivity contribution in [2.75, 3.05) is 0 Å². The highest BCUT2D eigenvalue weighted by Crippen LogP contribution is 2.24. The number of benzene rings is 1. The highest BCUT2D eigenvalue weighted by molar-refractivity contribution is 8.00. The Morgan fingerprint density at radius 2 is 2.15 bits per heavy atom. The molecule has 2 rings (SSSR count). The van der Waals surface area contributed by atoms with Crippen molar-refractivity contribution in [3.63, 3.8) is 0 Å². The Morgan fingerprint density at radius 3 is 2.85 bits per heavy atom. The standard InChI is InChI=1S/C7H7FN2O2S/c8-4-1-2-5-6(3-4)13(9,12)10-7(5)11/h1-3,13H,(H3,9,10,11,12). The summed E-state index contributed by atoms with van der Waals surface area (Å²) in [5.41, 5.74) is 0.187. The maximum Gasteiger partial charge on any atom is 0.263 e. The lowest BCUT2D eigenvalue weighted by molar-refractivity contribution is 0.0985. The lowest BCUT2D eigenvalue weighted by Gasteiger charge is -2.11. The minimum Gasteiger partial charge on any atom is -0.279 e. The van der Waals surface area contributed by atoms with Gasteiger partial charge < -0.3 is 0 Å². The van der Waals surface area contributed by atoms with Gasteiger partial charge in [0.25, 0.3) is 5.91 Å². The summed E-state index contributed by atoms with van der Waals surface area (Å²) in [6.45, 7) is 0. The molecule has 6 heteroatoms. The maximum atomic E-state index is 12.7. The second-order valence-corrected chi connectivity index (χ2v) is 4.78. The number of halogens is 1. The number of nitrogens with one attached hydrogen (secondary N) is 1. The highest BCUT2D eigenvalue weighted by atomic mass is 32.3. The van der Waals surface area contributed by atoms with Gasteiger partial charge in [0.05, 0.1) is 10.5 Å². The van der Waals surface area contributed by atoms with Gasteiger partial charge in [-0.1, -0.05) is 0 Å². The van der Waals surface area contributed by atoms with Crippen LogP contribution in [0.3, 0.4) is 0 Å². The molecular formula is C7H7FN2O2S. The Balaban J connectivity index is 2.74. The first-order chi connectivity index (χ1) is 6.00. The van der Waals surface area contributed by atoms with Crippen LogP contribution in [0.2, 0.25) is 0 Å². The quantitative estimate of drug-likeness (QED) is 0.507. The molecule has 0 aromatic heterocycles. The van der Waals surface area contributed by atoms with E-state index in [1.54, 1.807) is 0 Å². The zero-order valence-corrected chi connectivity index (χ0v) is 7.35. The Kier molecular flexibility index (Phi) is 1.52. The zero-order chi connectivity index (χ0) is 9.64. The molecule has 1 aliphatic heterocycles. The Labute approximate surface area is 74.6 Å². The summed E-state index contributed by atoms with van der Waals surface area (Å²) < 4.78 is 26.3. The molecule has 0 radical (unpaired) electrons. The van der Waals surface area contributed by atoms with Crippen molar-refractivity contribution in [1.29, 1.82) is 0 Å². The SMILES string of the molecule is N[SH]1(=O)NC(=O)c2ccc(F)cc21. The van der Waals surface area contributed by atoms with E-state index in [4.69, 9.17) is 5.14 Å². The van der Waals surface area contributed by atoms with E-state index in [2.05, 4.69) is 4.72 Å². The van der Waals surface area contributed by atoms with Gasteiger partial charge in [-0.3, -0.25) is 14.7 Å². The van der Waals surface area contributed by atoms with Crippen LogP contribution >= 0.6 is 0 Å². The molecule has 1 amide bonds. The molecule has 3 N–H and O–H groups in total. The smallest absolute Gasteiger partial charge is 0.263 e. The van der Waals surface area contributed by atoms with Gasteiger partial charge in [0.15, 0.2) is 0 Å². The number of fused-ring (bicyclic) bond motifs is 1. The highest BCUT2D eigenvalue weighted by Gasteiger charge is 2.30. The summed E-state index contributed by atoms with van der Waals surface area (Å²) in [6, 6.07) is 3.42. The molecular weight excluding hydrogens is 195 g/mol. The molecule has 0 atom stereocenters. The predicted molar refractivity (Wildman–Crippen MR) is 45.9 cm³/mol. The fourth-order valence-electron chi connectivity index (χ4n) is 1.24. The number of amides is 1. The Bertz CT molecular complexity index is 446. The Morgan fingerprint density at radius 1 is 1.46 bits per heavy atom. The summed E-state index contributed by atoms with van der Waals surface area (Å²) in [7, 11) is -3.36. The second kappa shape index (κ2) is 2.36. The molecule has 70 valence electrons. The van der Waals surface area contributed by atoms with Crippen molar-refractivity contribution in [3.05, 3.63) is 29.6 Å². The largest absolute Gasteiger partial charge is 0.279 e. The van der Waals surface area contributed by atoms with Crippen LogP contribution in [0.4, 0.5) is 4.39 Å². The number of carbonyl (C=O) groups excluding carboxylic acids is 1. The lowest BCUT2D eigenvalue weighted by Crippen LogP contribution is -2.35. The first kappa shape index (κ1) is 8.33. The van der Waals surface area contributed by atoms with Gasteiger partial charge in [-0.15, -0.1) is 0 Å². The minimum absolute atomic E-state index is 0.0671. The third kappa shape index (κ3) is 1.14. The number of hydrogen-bond donors (Lipinski definition) is 3. The average Bonchev–Trinajstić information content (AvgIpc) is 2.23. The number of rotatable bonds is 0. The number of hydrogen-bond acceptors (Lipinski definition) is 2. The van der Waals surface area contributed by atoms with Crippen molar-refractivity contribution < 1.29 is 13.4 Å². The van der Waals surface area contributed by atoms with Crippen LogP contribution in [0.25, 0.3) is 0 Å². The van der Waals surface area contributed by atoms with E-state index in [0.717, 1.165) is 12.1 Å². The second-order valence-electron chi connectivity index (χ2n) is 2.76. The summed E-state index contributed by atoms with van der Waals surface area (Å²) >= 11 is 0. The number of carbonyl (C=O) groups is 1. The number of nitrogens with two attached hydrogens (primary N) is 1. The topological polar surface area (TPSA) is 72.2 Å². The molecule has 4 nitrogen and oxygen atoms in total. The van der Waals surface area contributed by atoms with Crippen LogP contribution in [0.1, 0.15) is 10.4 Å². The molecule has 1 heterocycles. The Hall–Kier alpha value is -1.27. The fraction of sp³-hybridized carbons (Fsp3) is 0. The number of thiol groups is 1. The van der Waals surface area contributed by atoms with E-state index in [0.29, 0.717) is 0 Å². The summed E-state index contributed by atoms with van der Waals surface area (Å²) in [6.07, 6.45) is 0. The van der Waals surface area contributed by atoms with Crippen molar-refractivity contribution in [2.24, 2.45) is 5.14 Å². The lowest BCUT2D eigenvalue weighted by atomic mass is 10.2. The van der Waals surface area contributed by atoms with E-state index in [9.17, 15) is 13.4 Å². The van der Waals surface area contributed by atoms with E-state index in [1.807, 2.05) is 0 Å². The fourth-order valence-corrected chi connectivity index (χ4v) is 2.63. The molecule has 0 aliphatic carbocycles. The molecule has 1 aromatic carbocycles. The van der Waals surface area contributed by atoms with Gasteiger partial charge in [0, 0.05) is 10.3 Å². The monoisotopic (exact) mass is 202 g/mol. The van der Waals surface area contributed by atoms with Crippen LogP contribution in [0.15, 0.2) is 23.1 Å². The molecule has 0 bridgehead atoms. The first-order valence-electron chi connectivity index (χ1n) is 3.52. The third-order valence-corrected chi connectivity index (χ3v) is 3.45. The average molecular weight is 202 g/mol. The molecule has 13 heavy (non-hydrogen) atoms. The molecule has 0 saturated heterocycles. The molecule has 0 spiro atoms. The maximum absolute atomic E-state index is 12.7. The van der Waals surface area contributed by atoms with Crippen molar-refractivity contribution >= 4 is 16.2 Å². The van der Waals surface area contributed by atoms with Gasteiger partial charge in [-0.25, -0.2) is 8.60 Å². The van der Waals surface area contributed by atoms with E-state index in [-0.39, 0.29) is 10.5 Å². The molecule has 0 unspecified atom stereocenters. The minimum atomic E-state index is -3.36. The van der Waals surface area contributed by atoms with E-state index < -0.39 is 22.0 Å². The van der Waals surface area contributed by atoms with Gasteiger partial charge in [0.2, 0.25) is 0 Å². The summed E-state index contributed by atoms with van der Waals surface area (Å²) in [4.78, 5) is 11.2. The predicted octanol–water partition coefficient (Wildman–Crippen LogP) is -0.267. The van der Waals surface area contributed by atoms with Crippen LogP contribution in [-0.4, -0.2) is 10.1 Å². The molecule has 0 fully saturated rings. The zero-order valence-electron chi connectivity index (χ0n) is 6.45. The molecule has 1 aromatic rings. The normalized spacial score (nSPS) is 20.6. The van der Waals surface area contributed by atoms with Crippen LogP contribution < -0.4 is 9.86 Å². The van der Waals surface area contributed by atoms with Crippen LogP contribution in [0, 0.1) is 5.82 Å². The first-order valence-corrected chi connectivity index (χ1v) is 5.30. The van der Waals surface area contributed by atoms with E-state index >= 15 is 0 Å². The van der Waals surface area contributed by atoms with Crippen molar-refractivity contribution in [3.8, 4) is 0 Å². The molecule has 1 aliphatic rings. The molecule has 0 saturated carbocycles. The van der Waals surface area contributed by atoms with Gasteiger partial charge in [-0.2, -0.15) is 0 Å². The third-order valence-electron chi connectivity index (χ3n) is 1.83. The van der Waals surface area contributed by atoms with Gasteiger partial charge in [0.1, 0.15) is 5.82 Å². The van der Waals surface area contributed by atoms with Crippen LogP contribution in [-0.2, 0) is 10.3 Å². The summed E-state index contributed by atoms with van der Waals surface area (Å²) in [5.74, 6) is -1.07. The van der Waals surface area contributed by atoms with Crippen molar-refractivity contribution in [1.82, 2.24) is 4.72 Å². The van der Waals surface area contributed by atoms with Crippen molar-refractivity contribution in [2.45, 2.75) is 4.90 Å². The summed E-state index contributed by atoms with van der Waals surface area (Å²) in [5, 5.41) is 5.31. The van der Waals surface area contributed by atoms with E-state index in [1.165, 1.54) is 6.07 Å².